The van der Waals surface area contributed by atoms with Crippen LogP contribution in [0.1, 0.15) is 24.0 Å². The van der Waals surface area contributed by atoms with Crippen LogP contribution in [0.15, 0.2) is 12.1 Å². The van der Waals surface area contributed by atoms with Gasteiger partial charge in [0.2, 0.25) is 17.7 Å². The molecule has 0 atom stereocenters. The van der Waals surface area contributed by atoms with Crippen LogP contribution in [0, 0.1) is 13.8 Å². The Hall–Kier alpha value is -2.32. The second-order valence-corrected chi connectivity index (χ2v) is 8.13. The molecule has 1 aromatic carbocycles. The van der Waals surface area contributed by atoms with Crippen LogP contribution < -0.4 is 4.90 Å². The summed E-state index contributed by atoms with van der Waals surface area (Å²) in [4.78, 5) is 46.0. The van der Waals surface area contributed by atoms with Gasteiger partial charge in [-0.25, -0.2) is 4.98 Å². The number of rotatable bonds is 6. The van der Waals surface area contributed by atoms with Gasteiger partial charge in [-0.3, -0.25) is 24.2 Å². The molecule has 0 unspecified atom stereocenters. The predicted molar refractivity (Wildman–Crippen MR) is 106 cm³/mol. The van der Waals surface area contributed by atoms with Crippen LogP contribution in [0.3, 0.4) is 0 Å². The first-order chi connectivity index (χ1) is 12.8. The van der Waals surface area contributed by atoms with Gasteiger partial charge in [-0.15, -0.1) is 0 Å². The first-order valence-electron chi connectivity index (χ1n) is 8.92. The maximum Gasteiger partial charge on any atom is 0.248 e. The van der Waals surface area contributed by atoms with Gasteiger partial charge < -0.3 is 4.90 Å². The predicted octanol–water partition coefficient (Wildman–Crippen LogP) is 1.96. The van der Waals surface area contributed by atoms with E-state index >= 15 is 0 Å². The van der Waals surface area contributed by atoms with Crippen LogP contribution in [0.25, 0.3) is 10.2 Å². The van der Waals surface area contributed by atoms with Crippen molar-refractivity contribution in [3.8, 4) is 0 Å². The fourth-order valence-corrected chi connectivity index (χ4v) is 4.19. The molecule has 3 amide bonds. The number of carbonyl (C=O) groups excluding carboxylic acids is 3. The molecular formula is C19H24N4O3S. The molecule has 1 aliphatic rings. The topological polar surface area (TPSA) is 73.8 Å². The average molecular weight is 388 g/mol. The molecule has 0 saturated carbocycles. The lowest BCUT2D eigenvalue weighted by atomic mass is 10.1. The molecule has 27 heavy (non-hydrogen) atoms. The van der Waals surface area contributed by atoms with E-state index < -0.39 is 0 Å². The summed E-state index contributed by atoms with van der Waals surface area (Å²) in [5.74, 6) is -0.845. The van der Waals surface area contributed by atoms with E-state index in [9.17, 15) is 14.4 Å². The van der Waals surface area contributed by atoms with Crippen molar-refractivity contribution in [3.63, 3.8) is 0 Å². The van der Waals surface area contributed by atoms with Gasteiger partial charge in [-0.05, 0) is 45.1 Å². The van der Waals surface area contributed by atoms with Crippen LogP contribution in [0.4, 0.5) is 5.13 Å². The number of likely N-dealkylation sites (tertiary alicyclic amines) is 1. The molecular weight excluding hydrogens is 364 g/mol. The Labute approximate surface area is 162 Å². The summed E-state index contributed by atoms with van der Waals surface area (Å²) in [6.07, 6.45) is 0.368. The number of hydrogen-bond acceptors (Lipinski definition) is 6. The Morgan fingerprint density at radius 3 is 2.44 bits per heavy atom. The van der Waals surface area contributed by atoms with E-state index in [0.717, 1.165) is 26.2 Å². The number of benzene rings is 1. The summed E-state index contributed by atoms with van der Waals surface area (Å²) in [6.45, 7) is 4.93. The third-order valence-electron chi connectivity index (χ3n) is 4.56. The zero-order valence-corrected chi connectivity index (χ0v) is 16.9. The fraction of sp³-hybridized carbons (Fsp3) is 0.474. The molecule has 1 aliphatic heterocycles. The normalized spacial score (nSPS) is 14.6. The molecule has 2 aromatic rings. The number of anilines is 1. The highest BCUT2D eigenvalue weighted by Crippen LogP contribution is 2.32. The number of aryl methyl sites for hydroxylation is 2. The van der Waals surface area contributed by atoms with Crippen molar-refractivity contribution >= 4 is 44.4 Å². The molecule has 2 heterocycles. The summed E-state index contributed by atoms with van der Waals surface area (Å²) in [5.41, 5.74) is 3.11. The highest BCUT2D eigenvalue weighted by atomic mass is 32.1. The lowest BCUT2D eigenvalue weighted by molar-refractivity contribution is -0.141. The standard InChI is InChI=1S/C19H24N4O3S/c1-12-9-13(2)18-14(10-12)20-19(27-18)22(8-7-21(3)4)17(26)11-23-15(24)5-6-16(23)25/h9-10H,5-8,11H2,1-4H3. The molecule has 0 spiro atoms. The SMILES string of the molecule is Cc1cc(C)c2sc(N(CCN(C)C)C(=O)CN3C(=O)CCC3=O)nc2c1. The number of fused-ring (bicyclic) bond motifs is 1. The van der Waals surface area contributed by atoms with Crippen LogP contribution in [-0.2, 0) is 14.4 Å². The van der Waals surface area contributed by atoms with Crippen molar-refractivity contribution in [1.29, 1.82) is 0 Å². The number of likely N-dealkylation sites (N-methyl/N-ethyl adjacent to an activating group) is 1. The Balaban J connectivity index is 1.91. The van der Waals surface area contributed by atoms with Crippen molar-refractivity contribution in [2.75, 3.05) is 38.6 Å². The molecule has 0 aliphatic carbocycles. The van der Waals surface area contributed by atoms with Crippen molar-refractivity contribution in [2.24, 2.45) is 0 Å². The summed E-state index contributed by atoms with van der Waals surface area (Å²) in [6, 6.07) is 4.10. The summed E-state index contributed by atoms with van der Waals surface area (Å²) >= 11 is 1.47. The quantitative estimate of drug-likeness (QED) is 0.707. The zero-order chi connectivity index (χ0) is 19.7. The average Bonchev–Trinajstić information content (AvgIpc) is 3.13. The molecule has 1 aromatic heterocycles. The van der Waals surface area contributed by atoms with Crippen LogP contribution >= 0.6 is 11.3 Å². The first-order valence-corrected chi connectivity index (χ1v) is 9.74. The van der Waals surface area contributed by atoms with Crippen LogP contribution in [0.2, 0.25) is 0 Å². The van der Waals surface area contributed by atoms with Gasteiger partial charge in [-0.1, -0.05) is 17.4 Å². The third-order valence-corrected chi connectivity index (χ3v) is 5.79. The van der Waals surface area contributed by atoms with Crippen molar-refractivity contribution in [2.45, 2.75) is 26.7 Å². The number of amides is 3. The summed E-state index contributed by atoms with van der Waals surface area (Å²) in [5, 5.41) is 0.602. The third kappa shape index (κ3) is 4.17. The molecule has 7 nitrogen and oxygen atoms in total. The largest absolute Gasteiger partial charge is 0.308 e. The maximum atomic E-state index is 13.0. The minimum Gasteiger partial charge on any atom is -0.308 e. The van der Waals surface area contributed by atoms with E-state index in [-0.39, 0.29) is 37.1 Å². The Morgan fingerprint density at radius 1 is 1.15 bits per heavy atom. The number of nitrogens with zero attached hydrogens (tertiary/aromatic N) is 4. The number of aromatic nitrogens is 1. The number of hydrogen-bond donors (Lipinski definition) is 0. The van der Waals surface area contributed by atoms with Gasteiger partial charge in [0, 0.05) is 25.9 Å². The minimum absolute atomic E-state index is 0.184. The molecule has 0 radical (unpaired) electrons. The van der Waals surface area contributed by atoms with Crippen molar-refractivity contribution in [1.82, 2.24) is 14.8 Å². The van der Waals surface area contributed by atoms with Crippen molar-refractivity contribution in [3.05, 3.63) is 23.3 Å². The molecule has 1 fully saturated rings. The lowest BCUT2D eigenvalue weighted by Gasteiger charge is -2.24. The van der Waals surface area contributed by atoms with E-state index in [1.54, 1.807) is 4.90 Å². The van der Waals surface area contributed by atoms with Gasteiger partial charge in [0.1, 0.15) is 6.54 Å². The zero-order valence-electron chi connectivity index (χ0n) is 16.1. The second kappa shape index (κ2) is 7.74. The Morgan fingerprint density at radius 2 is 1.81 bits per heavy atom. The molecule has 144 valence electrons. The van der Waals surface area contributed by atoms with Crippen LogP contribution in [0.5, 0.6) is 0 Å². The van der Waals surface area contributed by atoms with E-state index in [0.29, 0.717) is 18.2 Å². The minimum atomic E-state index is -0.283. The molecule has 1 saturated heterocycles. The maximum absolute atomic E-state index is 13.0. The highest BCUT2D eigenvalue weighted by molar-refractivity contribution is 7.22. The molecule has 0 bridgehead atoms. The molecule has 3 rings (SSSR count). The summed E-state index contributed by atoms with van der Waals surface area (Å²) < 4.78 is 1.05. The van der Waals surface area contributed by atoms with Crippen LogP contribution in [-0.4, -0.2) is 66.2 Å². The summed E-state index contributed by atoms with van der Waals surface area (Å²) in [7, 11) is 3.87. The van der Waals surface area contributed by atoms with Gasteiger partial charge in [-0.2, -0.15) is 0 Å². The van der Waals surface area contributed by atoms with E-state index in [4.69, 9.17) is 0 Å². The monoisotopic (exact) mass is 388 g/mol. The molecule has 8 heteroatoms. The van der Waals surface area contributed by atoms with Gasteiger partial charge >= 0.3 is 0 Å². The fourth-order valence-electron chi connectivity index (χ4n) is 3.13. The van der Waals surface area contributed by atoms with Crippen molar-refractivity contribution < 1.29 is 14.4 Å². The first kappa shape index (κ1) is 19.4. The highest BCUT2D eigenvalue weighted by Gasteiger charge is 2.32. The lowest BCUT2D eigenvalue weighted by Crippen LogP contribution is -2.44. The second-order valence-electron chi connectivity index (χ2n) is 7.15. The van der Waals surface area contributed by atoms with E-state index in [1.165, 1.54) is 11.3 Å². The smallest absolute Gasteiger partial charge is 0.248 e. The van der Waals surface area contributed by atoms with Gasteiger partial charge in [0.05, 0.1) is 10.2 Å². The van der Waals surface area contributed by atoms with E-state index in [1.807, 2.05) is 38.9 Å². The Kier molecular flexibility index (Phi) is 5.57. The number of thiazole rings is 1. The Bertz CT molecular complexity index is 890. The number of imide groups is 1. The van der Waals surface area contributed by atoms with Gasteiger partial charge in [0.25, 0.3) is 0 Å². The van der Waals surface area contributed by atoms with E-state index in [2.05, 4.69) is 11.1 Å². The van der Waals surface area contributed by atoms with Gasteiger partial charge in [0.15, 0.2) is 5.13 Å². The number of carbonyl (C=O) groups is 3. The molecule has 0 N–H and O–H groups in total.